The van der Waals surface area contributed by atoms with Gasteiger partial charge in [0.05, 0.1) is 11.0 Å². The first-order chi connectivity index (χ1) is 15.6. The number of aryl methyl sites for hydroxylation is 1. The molecule has 1 amide bonds. The molecule has 1 aromatic heterocycles. The Bertz CT molecular complexity index is 1320. The smallest absolute Gasteiger partial charge is 0.244 e. The van der Waals surface area contributed by atoms with Crippen molar-refractivity contribution in [1.29, 1.82) is 0 Å². The zero-order valence-electron chi connectivity index (χ0n) is 17.3. The van der Waals surface area contributed by atoms with Gasteiger partial charge in [-0.2, -0.15) is 0 Å². The largest absolute Gasteiger partial charge is 0.486 e. The zero-order valence-corrected chi connectivity index (χ0v) is 18.1. The third-order valence-electron chi connectivity index (χ3n) is 5.19. The van der Waals surface area contributed by atoms with Gasteiger partial charge in [0.1, 0.15) is 24.7 Å². The molecule has 0 unspecified atom stereocenters. The van der Waals surface area contributed by atoms with Crippen molar-refractivity contribution < 1.29 is 19.0 Å². The van der Waals surface area contributed by atoms with Crippen LogP contribution in [0.4, 0.5) is 5.69 Å². The lowest BCUT2D eigenvalue weighted by Gasteiger charge is -2.12. The molecule has 0 radical (unpaired) electrons. The van der Waals surface area contributed by atoms with E-state index in [1.54, 1.807) is 24.3 Å². The molecule has 1 aliphatic rings. The molecule has 1 aliphatic heterocycles. The van der Waals surface area contributed by atoms with Crippen molar-refractivity contribution in [2.45, 2.75) is 20.1 Å². The van der Waals surface area contributed by atoms with Crippen LogP contribution in [0.3, 0.4) is 0 Å². The highest BCUT2D eigenvalue weighted by Gasteiger charge is 2.17. The number of hydrogen-bond donors (Lipinski definition) is 1. The van der Waals surface area contributed by atoms with E-state index < -0.39 is 0 Å². The normalized spacial score (nSPS) is 12.2. The summed E-state index contributed by atoms with van der Waals surface area (Å²) in [6.45, 7) is 2.41. The van der Waals surface area contributed by atoms with E-state index in [9.17, 15) is 4.79 Å². The Morgan fingerprint density at radius 2 is 1.97 bits per heavy atom. The first-order valence-electron chi connectivity index (χ1n) is 10.1. The van der Waals surface area contributed by atoms with E-state index in [2.05, 4.69) is 10.3 Å². The van der Waals surface area contributed by atoms with Gasteiger partial charge in [-0.3, -0.25) is 4.79 Å². The van der Waals surface area contributed by atoms with Crippen LogP contribution in [-0.4, -0.2) is 22.3 Å². The number of anilines is 1. The highest BCUT2D eigenvalue weighted by atomic mass is 35.5. The molecule has 8 heteroatoms. The van der Waals surface area contributed by atoms with Crippen molar-refractivity contribution in [1.82, 2.24) is 9.55 Å². The standard InChI is InChI=1S/C24H20ClN3O4/c1-15-10-17(7-8-18(15)25)30-13-23-27-19-4-2-3-5-20(19)28(23)12-24(29)26-16-6-9-21-22(11-16)32-14-31-21/h2-11H,12-14H2,1H3,(H,26,29). The molecule has 7 nitrogen and oxygen atoms in total. The second-order valence-electron chi connectivity index (χ2n) is 7.42. The quantitative estimate of drug-likeness (QED) is 0.451. The van der Waals surface area contributed by atoms with E-state index in [1.165, 1.54) is 0 Å². The van der Waals surface area contributed by atoms with E-state index >= 15 is 0 Å². The van der Waals surface area contributed by atoms with Crippen molar-refractivity contribution in [2.24, 2.45) is 0 Å². The van der Waals surface area contributed by atoms with E-state index in [0.29, 0.717) is 33.8 Å². The van der Waals surface area contributed by atoms with Crippen LogP contribution in [0.25, 0.3) is 11.0 Å². The van der Waals surface area contributed by atoms with Crippen molar-refractivity contribution in [3.63, 3.8) is 0 Å². The first kappa shape index (κ1) is 20.2. The molecule has 0 spiro atoms. The summed E-state index contributed by atoms with van der Waals surface area (Å²) < 4.78 is 18.5. The lowest BCUT2D eigenvalue weighted by Crippen LogP contribution is -2.20. The number of carbonyl (C=O) groups is 1. The Labute approximate surface area is 189 Å². The topological polar surface area (TPSA) is 74.6 Å². The van der Waals surface area contributed by atoms with Crippen LogP contribution in [0.5, 0.6) is 17.2 Å². The number of nitrogens with zero attached hydrogens (tertiary/aromatic N) is 2. The number of ether oxygens (including phenoxy) is 3. The summed E-state index contributed by atoms with van der Waals surface area (Å²) in [5, 5.41) is 3.60. The number of imidazole rings is 1. The van der Waals surface area contributed by atoms with Crippen molar-refractivity contribution in [3.8, 4) is 17.2 Å². The van der Waals surface area contributed by atoms with E-state index in [1.807, 2.05) is 47.9 Å². The number of carbonyl (C=O) groups excluding carboxylic acids is 1. The minimum atomic E-state index is -0.185. The van der Waals surface area contributed by atoms with Gasteiger partial charge in [-0.25, -0.2) is 4.98 Å². The molecule has 2 heterocycles. The molecular formula is C24H20ClN3O4. The molecule has 0 saturated heterocycles. The molecule has 32 heavy (non-hydrogen) atoms. The highest BCUT2D eigenvalue weighted by Crippen LogP contribution is 2.34. The lowest BCUT2D eigenvalue weighted by molar-refractivity contribution is -0.116. The summed E-state index contributed by atoms with van der Waals surface area (Å²) in [5.74, 6) is 2.44. The van der Waals surface area contributed by atoms with Gasteiger partial charge < -0.3 is 24.1 Å². The summed E-state index contributed by atoms with van der Waals surface area (Å²) in [4.78, 5) is 17.5. The van der Waals surface area contributed by atoms with Crippen molar-refractivity contribution >= 4 is 34.2 Å². The summed E-state index contributed by atoms with van der Waals surface area (Å²) in [6, 6.07) is 18.5. The molecule has 0 bridgehead atoms. The molecule has 0 saturated carbocycles. The number of halogens is 1. The number of fused-ring (bicyclic) bond motifs is 2. The molecule has 162 valence electrons. The van der Waals surface area contributed by atoms with Crippen LogP contribution in [0.2, 0.25) is 5.02 Å². The molecule has 0 atom stereocenters. The average Bonchev–Trinajstić information content (AvgIpc) is 3.39. The SMILES string of the molecule is Cc1cc(OCc2nc3ccccc3n2CC(=O)Nc2ccc3c(c2)OCO3)ccc1Cl. The Morgan fingerprint density at radius 1 is 1.12 bits per heavy atom. The van der Waals surface area contributed by atoms with Gasteiger partial charge in [0.2, 0.25) is 12.7 Å². The Kier molecular flexibility index (Phi) is 5.33. The minimum absolute atomic E-state index is 0.0906. The fraction of sp³-hybridized carbons (Fsp3) is 0.167. The van der Waals surface area contributed by atoms with Crippen LogP contribution < -0.4 is 19.5 Å². The van der Waals surface area contributed by atoms with Crippen LogP contribution >= 0.6 is 11.6 Å². The van der Waals surface area contributed by atoms with Gasteiger partial charge in [-0.05, 0) is 55.0 Å². The van der Waals surface area contributed by atoms with Gasteiger partial charge in [0.15, 0.2) is 11.5 Å². The predicted molar refractivity (Wildman–Crippen MR) is 121 cm³/mol. The maximum absolute atomic E-state index is 12.8. The average molecular weight is 450 g/mol. The number of hydrogen-bond acceptors (Lipinski definition) is 5. The van der Waals surface area contributed by atoms with Crippen LogP contribution in [0.15, 0.2) is 60.7 Å². The van der Waals surface area contributed by atoms with Crippen molar-refractivity contribution in [3.05, 3.63) is 77.1 Å². The van der Waals surface area contributed by atoms with Gasteiger partial charge in [-0.1, -0.05) is 23.7 Å². The van der Waals surface area contributed by atoms with Gasteiger partial charge in [0, 0.05) is 16.8 Å². The van der Waals surface area contributed by atoms with Gasteiger partial charge in [-0.15, -0.1) is 0 Å². The number of amides is 1. The van der Waals surface area contributed by atoms with Crippen LogP contribution in [0.1, 0.15) is 11.4 Å². The third kappa shape index (κ3) is 4.07. The molecule has 0 aliphatic carbocycles. The molecule has 0 fully saturated rings. The van der Waals surface area contributed by atoms with Crippen LogP contribution in [-0.2, 0) is 17.9 Å². The maximum Gasteiger partial charge on any atom is 0.244 e. The van der Waals surface area contributed by atoms with Crippen LogP contribution in [0, 0.1) is 6.92 Å². The van der Waals surface area contributed by atoms with E-state index in [0.717, 1.165) is 16.6 Å². The first-order valence-corrected chi connectivity index (χ1v) is 10.5. The fourth-order valence-corrected chi connectivity index (χ4v) is 3.70. The maximum atomic E-state index is 12.8. The summed E-state index contributed by atoms with van der Waals surface area (Å²) in [5.41, 5.74) is 3.23. The number of rotatable bonds is 6. The van der Waals surface area contributed by atoms with E-state index in [4.69, 9.17) is 25.8 Å². The zero-order chi connectivity index (χ0) is 22.1. The number of aromatic nitrogens is 2. The highest BCUT2D eigenvalue weighted by molar-refractivity contribution is 6.31. The Hall–Kier alpha value is -3.71. The Balaban J connectivity index is 1.36. The summed E-state index contributed by atoms with van der Waals surface area (Å²) in [7, 11) is 0. The predicted octanol–water partition coefficient (Wildman–Crippen LogP) is 4.94. The number of nitrogens with one attached hydrogen (secondary N) is 1. The lowest BCUT2D eigenvalue weighted by atomic mass is 10.2. The molecular weight excluding hydrogens is 430 g/mol. The summed E-state index contributed by atoms with van der Waals surface area (Å²) >= 11 is 6.10. The molecule has 4 aromatic rings. The fourth-order valence-electron chi connectivity index (χ4n) is 3.59. The minimum Gasteiger partial charge on any atom is -0.486 e. The monoisotopic (exact) mass is 449 g/mol. The molecule has 3 aromatic carbocycles. The second kappa shape index (κ2) is 8.43. The van der Waals surface area contributed by atoms with Crippen molar-refractivity contribution in [2.75, 3.05) is 12.1 Å². The van der Waals surface area contributed by atoms with Gasteiger partial charge >= 0.3 is 0 Å². The van der Waals surface area contributed by atoms with E-state index in [-0.39, 0.29) is 25.9 Å². The van der Waals surface area contributed by atoms with Gasteiger partial charge in [0.25, 0.3) is 0 Å². The summed E-state index contributed by atoms with van der Waals surface area (Å²) in [6.07, 6.45) is 0. The third-order valence-corrected chi connectivity index (χ3v) is 5.61. The Morgan fingerprint density at radius 3 is 2.84 bits per heavy atom. The number of para-hydroxylation sites is 2. The molecule has 5 rings (SSSR count). The number of benzene rings is 3. The second-order valence-corrected chi connectivity index (χ2v) is 7.83. The molecule has 1 N–H and O–H groups in total.